The first-order chi connectivity index (χ1) is 13.9. The molecule has 1 aromatic rings. The number of nitrogens with zero attached hydrogens (tertiary/aromatic N) is 3. The van der Waals surface area contributed by atoms with Crippen molar-refractivity contribution < 1.29 is 13.9 Å². The Balaban J connectivity index is 1.65. The van der Waals surface area contributed by atoms with Crippen LogP contribution in [-0.4, -0.2) is 43.5 Å². The van der Waals surface area contributed by atoms with Crippen LogP contribution in [0.3, 0.4) is 0 Å². The van der Waals surface area contributed by atoms with Crippen molar-refractivity contribution in [3.63, 3.8) is 0 Å². The number of carbonyl (C=O) groups excluding carboxylic acids is 1. The van der Waals surface area contributed by atoms with Crippen molar-refractivity contribution in [3.05, 3.63) is 35.7 Å². The third-order valence-electron chi connectivity index (χ3n) is 5.27. The van der Waals surface area contributed by atoms with Gasteiger partial charge in [0.1, 0.15) is 11.9 Å². The number of amides is 1. The van der Waals surface area contributed by atoms with Gasteiger partial charge in [-0.3, -0.25) is 4.90 Å². The lowest BCUT2D eigenvalue weighted by Crippen LogP contribution is -2.36. The van der Waals surface area contributed by atoms with Gasteiger partial charge in [-0.15, -0.1) is 0 Å². The number of ether oxygens (including phenoxy) is 1. The van der Waals surface area contributed by atoms with E-state index in [1.54, 1.807) is 18.2 Å². The SMILES string of the molecule is CC1CN(c2ccc(N3CC(CCNC(N)=S)OC3=O)cc2F)CC/C1=C/C#N. The number of carbonyl (C=O) groups is 1. The Labute approximate surface area is 174 Å². The molecule has 2 heterocycles. The molecule has 0 bridgehead atoms. The summed E-state index contributed by atoms with van der Waals surface area (Å²) in [7, 11) is 0. The summed E-state index contributed by atoms with van der Waals surface area (Å²) < 4.78 is 20.2. The summed E-state index contributed by atoms with van der Waals surface area (Å²) in [6.45, 7) is 4.18. The van der Waals surface area contributed by atoms with E-state index in [4.69, 9.17) is 28.0 Å². The van der Waals surface area contributed by atoms with Crippen LogP contribution in [0.2, 0.25) is 0 Å². The molecule has 2 aliphatic rings. The largest absolute Gasteiger partial charge is 0.444 e. The number of halogens is 1. The standard InChI is InChI=1S/C20H24FN5O2S/c1-13-11-25(9-6-14(13)4-7-22)18-3-2-15(10-17(18)21)26-12-16(28-20(26)27)5-8-24-19(23)29/h2-4,10,13,16H,5-6,8-9,11-12H2,1H3,(H3,23,24,29)/b14-4-. The zero-order valence-electron chi connectivity index (χ0n) is 16.2. The van der Waals surface area contributed by atoms with Gasteiger partial charge < -0.3 is 20.7 Å². The Morgan fingerprint density at radius 2 is 2.31 bits per heavy atom. The quantitative estimate of drug-likeness (QED) is 0.562. The van der Waals surface area contributed by atoms with E-state index in [0.29, 0.717) is 44.0 Å². The van der Waals surface area contributed by atoms with Gasteiger partial charge in [0.25, 0.3) is 0 Å². The minimum absolute atomic E-state index is 0.187. The molecule has 29 heavy (non-hydrogen) atoms. The fraction of sp³-hybridized carbons (Fsp3) is 0.450. The number of cyclic esters (lactones) is 1. The van der Waals surface area contributed by atoms with Crippen LogP contribution in [0.4, 0.5) is 20.6 Å². The van der Waals surface area contributed by atoms with Crippen molar-refractivity contribution >= 4 is 34.8 Å². The van der Waals surface area contributed by atoms with Gasteiger partial charge >= 0.3 is 6.09 Å². The number of nitriles is 1. The van der Waals surface area contributed by atoms with E-state index < -0.39 is 6.09 Å². The maximum atomic E-state index is 14.9. The number of nitrogens with one attached hydrogen (secondary N) is 1. The highest BCUT2D eigenvalue weighted by Gasteiger charge is 2.32. The monoisotopic (exact) mass is 417 g/mol. The molecule has 0 saturated carbocycles. The van der Waals surface area contributed by atoms with Crippen LogP contribution in [-0.2, 0) is 4.74 Å². The van der Waals surface area contributed by atoms with Gasteiger partial charge in [-0.1, -0.05) is 12.5 Å². The number of nitrogens with two attached hydrogens (primary N) is 1. The predicted octanol–water partition coefficient (Wildman–Crippen LogP) is 2.67. The van der Waals surface area contributed by atoms with Crippen LogP contribution < -0.4 is 20.9 Å². The number of hydrogen-bond acceptors (Lipinski definition) is 5. The number of piperidine rings is 1. The number of rotatable bonds is 5. The molecule has 154 valence electrons. The number of hydrogen-bond donors (Lipinski definition) is 2. The van der Waals surface area contributed by atoms with Gasteiger partial charge in [-0.25, -0.2) is 9.18 Å². The average molecular weight is 418 g/mol. The van der Waals surface area contributed by atoms with Gasteiger partial charge in [0.05, 0.1) is 24.0 Å². The van der Waals surface area contributed by atoms with Crippen molar-refractivity contribution in [1.82, 2.24) is 5.32 Å². The maximum Gasteiger partial charge on any atom is 0.414 e. The molecule has 2 aliphatic heterocycles. The molecule has 1 amide bonds. The van der Waals surface area contributed by atoms with Crippen LogP contribution in [0, 0.1) is 23.1 Å². The molecule has 0 aromatic heterocycles. The predicted molar refractivity (Wildman–Crippen MR) is 113 cm³/mol. The zero-order chi connectivity index (χ0) is 21.0. The van der Waals surface area contributed by atoms with Gasteiger partial charge in [0.15, 0.2) is 5.11 Å². The highest BCUT2D eigenvalue weighted by atomic mass is 32.1. The molecule has 1 aromatic carbocycles. The Morgan fingerprint density at radius 1 is 1.52 bits per heavy atom. The molecular formula is C20H24FN5O2S. The second-order valence-electron chi connectivity index (χ2n) is 7.28. The molecule has 2 atom stereocenters. The lowest BCUT2D eigenvalue weighted by Gasteiger charge is -2.34. The van der Waals surface area contributed by atoms with Crippen LogP contribution in [0.15, 0.2) is 29.8 Å². The molecule has 3 rings (SSSR count). The van der Waals surface area contributed by atoms with Crippen LogP contribution >= 0.6 is 12.2 Å². The smallest absolute Gasteiger partial charge is 0.414 e. The van der Waals surface area contributed by atoms with Gasteiger partial charge in [0.2, 0.25) is 0 Å². The molecule has 0 radical (unpaired) electrons. The number of anilines is 2. The summed E-state index contributed by atoms with van der Waals surface area (Å²) in [6.07, 6.45) is 2.09. The molecule has 0 aliphatic carbocycles. The summed E-state index contributed by atoms with van der Waals surface area (Å²) >= 11 is 4.75. The fourth-order valence-corrected chi connectivity index (χ4v) is 3.83. The van der Waals surface area contributed by atoms with E-state index in [-0.39, 0.29) is 23.0 Å². The fourth-order valence-electron chi connectivity index (χ4n) is 3.72. The first kappa shape index (κ1) is 20.9. The average Bonchev–Trinajstić information content (AvgIpc) is 3.04. The van der Waals surface area contributed by atoms with Crippen molar-refractivity contribution in [1.29, 1.82) is 5.26 Å². The number of thiocarbonyl (C=S) groups is 1. The molecule has 2 fully saturated rings. The van der Waals surface area contributed by atoms with Crippen molar-refractivity contribution in [2.45, 2.75) is 25.9 Å². The van der Waals surface area contributed by atoms with Gasteiger partial charge in [-0.05, 0) is 42.8 Å². The summed E-state index contributed by atoms with van der Waals surface area (Å²) in [5.41, 5.74) is 7.45. The Bertz CT molecular complexity index is 869. The summed E-state index contributed by atoms with van der Waals surface area (Å²) in [6, 6.07) is 6.89. The second-order valence-corrected chi connectivity index (χ2v) is 7.72. The summed E-state index contributed by atoms with van der Waals surface area (Å²) in [4.78, 5) is 15.6. The van der Waals surface area contributed by atoms with E-state index in [9.17, 15) is 9.18 Å². The van der Waals surface area contributed by atoms with Gasteiger partial charge in [-0.2, -0.15) is 5.26 Å². The Morgan fingerprint density at radius 3 is 2.97 bits per heavy atom. The first-order valence-corrected chi connectivity index (χ1v) is 9.94. The summed E-state index contributed by atoms with van der Waals surface area (Å²) in [5.74, 6) is -0.194. The Kier molecular flexibility index (Phi) is 6.54. The maximum absolute atomic E-state index is 14.9. The third-order valence-corrected chi connectivity index (χ3v) is 5.42. The van der Waals surface area contributed by atoms with E-state index in [0.717, 1.165) is 12.0 Å². The van der Waals surface area contributed by atoms with E-state index in [1.807, 2.05) is 11.8 Å². The van der Waals surface area contributed by atoms with E-state index in [2.05, 4.69) is 11.4 Å². The Hall–Kier alpha value is -2.86. The molecule has 0 spiro atoms. The van der Waals surface area contributed by atoms with Crippen LogP contribution in [0.1, 0.15) is 19.8 Å². The molecule has 2 saturated heterocycles. The molecule has 3 N–H and O–H groups in total. The second kappa shape index (κ2) is 9.09. The topological polar surface area (TPSA) is 94.6 Å². The number of allylic oxidation sites excluding steroid dienone is 1. The molecule has 7 nitrogen and oxygen atoms in total. The molecular weight excluding hydrogens is 393 g/mol. The lowest BCUT2D eigenvalue weighted by molar-refractivity contribution is 0.137. The minimum atomic E-state index is -0.490. The lowest BCUT2D eigenvalue weighted by atomic mass is 9.92. The van der Waals surface area contributed by atoms with Crippen molar-refractivity contribution in [3.8, 4) is 6.07 Å². The molecule has 2 unspecified atom stereocenters. The van der Waals surface area contributed by atoms with Crippen molar-refractivity contribution in [2.75, 3.05) is 36.0 Å². The van der Waals surface area contributed by atoms with Crippen LogP contribution in [0.25, 0.3) is 0 Å². The number of benzene rings is 1. The third kappa shape index (κ3) is 4.95. The van der Waals surface area contributed by atoms with Crippen LogP contribution in [0.5, 0.6) is 0 Å². The van der Waals surface area contributed by atoms with E-state index >= 15 is 0 Å². The zero-order valence-corrected chi connectivity index (χ0v) is 17.0. The minimum Gasteiger partial charge on any atom is -0.444 e. The van der Waals surface area contributed by atoms with E-state index in [1.165, 1.54) is 11.0 Å². The highest BCUT2D eigenvalue weighted by molar-refractivity contribution is 7.80. The normalized spacial score (nSPS) is 23.1. The highest BCUT2D eigenvalue weighted by Crippen LogP contribution is 2.32. The molecule has 9 heteroatoms. The first-order valence-electron chi connectivity index (χ1n) is 9.53. The van der Waals surface area contributed by atoms with Crippen molar-refractivity contribution in [2.24, 2.45) is 11.7 Å². The summed E-state index contributed by atoms with van der Waals surface area (Å²) in [5, 5.41) is 11.9. The van der Waals surface area contributed by atoms with Gasteiger partial charge in [0, 0.05) is 32.1 Å².